The van der Waals surface area contributed by atoms with E-state index in [1.54, 1.807) is 19.2 Å². The van der Waals surface area contributed by atoms with E-state index in [-0.39, 0.29) is 5.91 Å². The Morgan fingerprint density at radius 1 is 1.11 bits per heavy atom. The van der Waals surface area contributed by atoms with Crippen molar-refractivity contribution in [1.29, 1.82) is 0 Å². The van der Waals surface area contributed by atoms with E-state index in [0.29, 0.717) is 29.5 Å². The Hall–Kier alpha value is -3.12. The van der Waals surface area contributed by atoms with E-state index in [4.69, 9.17) is 16.3 Å². The predicted molar refractivity (Wildman–Crippen MR) is 106 cm³/mol. The minimum atomic E-state index is -0.223. The molecule has 6 nitrogen and oxygen atoms in total. The minimum Gasteiger partial charge on any atom is -0.496 e. The molecule has 0 atom stereocenters. The van der Waals surface area contributed by atoms with Crippen LogP contribution in [0, 0.1) is 0 Å². The fourth-order valence-corrected chi connectivity index (χ4v) is 2.72. The van der Waals surface area contributed by atoms with Gasteiger partial charge in [0.05, 0.1) is 12.7 Å². The van der Waals surface area contributed by atoms with Gasteiger partial charge in [0.1, 0.15) is 5.75 Å². The lowest BCUT2D eigenvalue weighted by atomic mass is 10.1. The number of amides is 1. The molecule has 3 aromatic rings. The molecule has 0 saturated carbocycles. The fourth-order valence-electron chi connectivity index (χ4n) is 2.53. The van der Waals surface area contributed by atoms with Gasteiger partial charge in [-0.05, 0) is 36.2 Å². The Kier molecular flexibility index (Phi) is 6.22. The highest BCUT2D eigenvalue weighted by Crippen LogP contribution is 2.18. The normalized spacial score (nSPS) is 10.3. The summed E-state index contributed by atoms with van der Waals surface area (Å²) in [6, 6.07) is 15.0. The summed E-state index contributed by atoms with van der Waals surface area (Å²) in [5, 5.41) is 6.52. The second-order valence-electron chi connectivity index (χ2n) is 5.75. The van der Waals surface area contributed by atoms with Gasteiger partial charge in [-0.15, -0.1) is 0 Å². The van der Waals surface area contributed by atoms with Gasteiger partial charge < -0.3 is 15.4 Å². The first-order valence-electron chi connectivity index (χ1n) is 8.40. The highest BCUT2D eigenvalue weighted by atomic mass is 35.5. The van der Waals surface area contributed by atoms with Crippen LogP contribution in [0.2, 0.25) is 5.02 Å². The van der Waals surface area contributed by atoms with Crippen LogP contribution in [0.5, 0.6) is 5.75 Å². The lowest BCUT2D eigenvalue weighted by Crippen LogP contribution is -2.26. The van der Waals surface area contributed by atoms with Crippen LogP contribution in [0.4, 0.5) is 11.6 Å². The van der Waals surface area contributed by atoms with Crippen molar-refractivity contribution >= 4 is 29.1 Å². The fraction of sp³-hybridized carbons (Fsp3) is 0.150. The third-order valence-electron chi connectivity index (χ3n) is 3.87. The lowest BCUT2D eigenvalue weighted by molar-refractivity contribution is 0.0953. The van der Waals surface area contributed by atoms with Crippen molar-refractivity contribution in [1.82, 2.24) is 15.3 Å². The number of hydrogen-bond acceptors (Lipinski definition) is 5. The molecule has 0 bridgehead atoms. The van der Waals surface area contributed by atoms with Crippen molar-refractivity contribution in [2.24, 2.45) is 0 Å². The summed E-state index contributed by atoms with van der Waals surface area (Å²) in [4.78, 5) is 20.6. The van der Waals surface area contributed by atoms with E-state index in [2.05, 4.69) is 20.6 Å². The van der Waals surface area contributed by atoms with E-state index >= 15 is 0 Å². The smallest absolute Gasteiger partial charge is 0.254 e. The molecule has 0 aliphatic carbocycles. The summed E-state index contributed by atoms with van der Waals surface area (Å²) in [6.45, 7) is 0.488. The quantitative estimate of drug-likeness (QED) is 0.649. The van der Waals surface area contributed by atoms with Crippen LogP contribution in [0.15, 0.2) is 60.9 Å². The number of hydrogen-bond donors (Lipinski definition) is 2. The largest absolute Gasteiger partial charge is 0.496 e. The maximum Gasteiger partial charge on any atom is 0.254 e. The molecule has 7 heteroatoms. The molecule has 3 rings (SSSR count). The number of benzene rings is 2. The first kappa shape index (κ1) is 18.7. The van der Waals surface area contributed by atoms with Crippen LogP contribution in [-0.4, -0.2) is 29.5 Å². The van der Waals surface area contributed by atoms with Crippen LogP contribution < -0.4 is 15.4 Å². The zero-order chi connectivity index (χ0) is 19.1. The lowest BCUT2D eigenvalue weighted by Gasteiger charge is -2.09. The summed E-state index contributed by atoms with van der Waals surface area (Å²) >= 11 is 5.95. The number of anilines is 2. The van der Waals surface area contributed by atoms with E-state index < -0.39 is 0 Å². The molecule has 0 unspecified atom stereocenters. The molecule has 0 saturated heterocycles. The molecule has 2 N–H and O–H groups in total. The standard InChI is InChI=1S/C20H19ClN4O2/c1-27-18-8-3-2-5-14(18)9-10-22-19(26)15-12-23-20(24-13-15)25-17-7-4-6-16(21)11-17/h2-8,11-13H,9-10H2,1H3,(H,22,26)(H,23,24,25). The zero-order valence-corrected chi connectivity index (χ0v) is 15.5. The first-order chi connectivity index (χ1) is 13.2. The molecule has 1 aromatic heterocycles. The van der Waals surface area contributed by atoms with Gasteiger partial charge in [0.15, 0.2) is 0 Å². The van der Waals surface area contributed by atoms with Crippen LogP contribution in [-0.2, 0) is 6.42 Å². The first-order valence-corrected chi connectivity index (χ1v) is 8.78. The molecule has 0 radical (unpaired) electrons. The number of methoxy groups -OCH3 is 1. The molecular formula is C20H19ClN4O2. The summed E-state index contributed by atoms with van der Waals surface area (Å²) < 4.78 is 5.31. The number of halogens is 1. The summed E-state index contributed by atoms with van der Waals surface area (Å²) in [7, 11) is 1.63. The molecule has 27 heavy (non-hydrogen) atoms. The average molecular weight is 383 g/mol. The van der Waals surface area contributed by atoms with Gasteiger partial charge in [0.2, 0.25) is 5.95 Å². The van der Waals surface area contributed by atoms with Gasteiger partial charge in [-0.2, -0.15) is 0 Å². The van der Waals surface area contributed by atoms with Gasteiger partial charge in [-0.1, -0.05) is 35.9 Å². The van der Waals surface area contributed by atoms with Crippen molar-refractivity contribution in [3.63, 3.8) is 0 Å². The Balaban J connectivity index is 1.54. The molecule has 0 fully saturated rings. The Bertz CT molecular complexity index is 916. The van der Waals surface area contributed by atoms with Gasteiger partial charge in [-0.25, -0.2) is 9.97 Å². The van der Waals surface area contributed by atoms with E-state index in [1.807, 2.05) is 36.4 Å². The molecule has 0 aliphatic rings. The molecule has 138 valence electrons. The number of carbonyl (C=O) groups excluding carboxylic acids is 1. The monoisotopic (exact) mass is 382 g/mol. The highest BCUT2D eigenvalue weighted by molar-refractivity contribution is 6.30. The van der Waals surface area contributed by atoms with Crippen LogP contribution in [0.25, 0.3) is 0 Å². The van der Waals surface area contributed by atoms with Crippen molar-refractivity contribution in [3.05, 3.63) is 77.1 Å². The summed E-state index contributed by atoms with van der Waals surface area (Å²) in [6.07, 6.45) is 3.64. The number of para-hydroxylation sites is 1. The number of nitrogens with zero attached hydrogens (tertiary/aromatic N) is 2. The summed E-state index contributed by atoms with van der Waals surface area (Å²) in [5.41, 5.74) is 2.21. The number of carbonyl (C=O) groups is 1. The van der Waals surface area contributed by atoms with E-state index in [9.17, 15) is 4.79 Å². The van der Waals surface area contributed by atoms with Gasteiger partial charge >= 0.3 is 0 Å². The Labute approximate surface area is 162 Å². The maximum atomic E-state index is 12.2. The number of nitrogens with one attached hydrogen (secondary N) is 2. The van der Waals surface area contributed by atoms with Crippen LogP contribution >= 0.6 is 11.6 Å². The number of aromatic nitrogens is 2. The van der Waals surface area contributed by atoms with Gasteiger partial charge in [0, 0.05) is 29.6 Å². The Morgan fingerprint density at radius 2 is 1.89 bits per heavy atom. The van der Waals surface area contributed by atoms with E-state index in [1.165, 1.54) is 12.4 Å². The number of ether oxygens (including phenoxy) is 1. The highest BCUT2D eigenvalue weighted by Gasteiger charge is 2.08. The summed E-state index contributed by atoms with van der Waals surface area (Å²) in [5.74, 6) is 0.980. The molecule has 0 aliphatic heterocycles. The third kappa shape index (κ3) is 5.18. The molecule has 2 aromatic carbocycles. The second kappa shape index (κ2) is 9.00. The molecule has 0 spiro atoms. The second-order valence-corrected chi connectivity index (χ2v) is 6.18. The van der Waals surface area contributed by atoms with Crippen molar-refractivity contribution in [3.8, 4) is 5.75 Å². The van der Waals surface area contributed by atoms with Gasteiger partial charge in [0.25, 0.3) is 5.91 Å². The van der Waals surface area contributed by atoms with Crippen LogP contribution in [0.1, 0.15) is 15.9 Å². The molecular weight excluding hydrogens is 364 g/mol. The van der Waals surface area contributed by atoms with E-state index in [0.717, 1.165) is 17.0 Å². The SMILES string of the molecule is COc1ccccc1CCNC(=O)c1cnc(Nc2cccc(Cl)c2)nc1. The predicted octanol–water partition coefficient (Wildman–Crippen LogP) is 3.85. The minimum absolute atomic E-state index is 0.223. The third-order valence-corrected chi connectivity index (χ3v) is 4.10. The topological polar surface area (TPSA) is 76.1 Å². The van der Waals surface area contributed by atoms with Crippen LogP contribution in [0.3, 0.4) is 0 Å². The number of rotatable bonds is 7. The van der Waals surface area contributed by atoms with Crippen molar-refractivity contribution in [2.45, 2.75) is 6.42 Å². The Morgan fingerprint density at radius 3 is 2.63 bits per heavy atom. The average Bonchev–Trinajstić information content (AvgIpc) is 2.69. The molecule has 1 heterocycles. The van der Waals surface area contributed by atoms with Crippen molar-refractivity contribution in [2.75, 3.05) is 19.0 Å². The zero-order valence-electron chi connectivity index (χ0n) is 14.8. The molecule has 1 amide bonds. The maximum absolute atomic E-state index is 12.2. The van der Waals surface area contributed by atoms with Gasteiger partial charge in [-0.3, -0.25) is 4.79 Å². The van der Waals surface area contributed by atoms with Crippen molar-refractivity contribution < 1.29 is 9.53 Å².